The highest BCUT2D eigenvalue weighted by Crippen LogP contribution is 2.20. The Kier molecular flexibility index (Phi) is 11.2. The minimum atomic E-state index is -0.158. The van der Waals surface area contributed by atoms with E-state index < -0.39 is 0 Å². The maximum atomic E-state index is 10.5. The number of hydrogen-bond donors (Lipinski definition) is 1. The van der Waals surface area contributed by atoms with Crippen LogP contribution in [0.25, 0.3) is 0 Å². The first-order valence-electron chi connectivity index (χ1n) is 7.84. The number of carbonyl (C=O) groups is 1. The molecule has 0 aliphatic rings. The Morgan fingerprint density at radius 2 is 1.50 bits per heavy atom. The van der Waals surface area contributed by atoms with Crippen molar-refractivity contribution in [2.45, 2.75) is 85.0 Å². The molecule has 0 saturated carbocycles. The van der Waals surface area contributed by atoms with Gasteiger partial charge in [0.2, 0.25) is 5.91 Å². The molecule has 0 aliphatic heterocycles. The Bertz CT molecular complexity index is 203. The monoisotopic (exact) mass is 255 g/mol. The van der Waals surface area contributed by atoms with Gasteiger partial charge < -0.3 is 5.73 Å². The van der Waals surface area contributed by atoms with Crippen LogP contribution in [-0.4, -0.2) is 5.91 Å². The predicted molar refractivity (Wildman–Crippen MR) is 79.4 cm³/mol. The van der Waals surface area contributed by atoms with Gasteiger partial charge in [-0.25, -0.2) is 0 Å². The van der Waals surface area contributed by atoms with Gasteiger partial charge >= 0.3 is 0 Å². The van der Waals surface area contributed by atoms with Crippen molar-refractivity contribution in [1.82, 2.24) is 0 Å². The van der Waals surface area contributed by atoms with Crippen LogP contribution in [0, 0.1) is 11.8 Å². The van der Waals surface area contributed by atoms with E-state index in [1.807, 2.05) is 0 Å². The van der Waals surface area contributed by atoms with E-state index in [-0.39, 0.29) is 5.91 Å². The summed E-state index contributed by atoms with van der Waals surface area (Å²) in [5.74, 6) is 1.61. The third-order valence-corrected chi connectivity index (χ3v) is 3.87. The van der Waals surface area contributed by atoms with E-state index in [0.29, 0.717) is 6.42 Å². The average molecular weight is 255 g/mol. The van der Waals surface area contributed by atoms with E-state index in [9.17, 15) is 4.79 Å². The van der Waals surface area contributed by atoms with Gasteiger partial charge in [0, 0.05) is 6.42 Å². The predicted octanol–water partition coefficient (Wildman–Crippen LogP) is 4.66. The number of rotatable bonds is 12. The smallest absolute Gasteiger partial charge is 0.217 e. The van der Waals surface area contributed by atoms with Crippen LogP contribution in [0.1, 0.15) is 85.0 Å². The van der Waals surface area contributed by atoms with Gasteiger partial charge in [-0.05, 0) is 24.7 Å². The van der Waals surface area contributed by atoms with Crippen molar-refractivity contribution < 1.29 is 4.79 Å². The lowest BCUT2D eigenvalue weighted by Gasteiger charge is -2.15. The second kappa shape index (κ2) is 11.6. The molecule has 0 fully saturated rings. The van der Waals surface area contributed by atoms with Gasteiger partial charge in [-0.15, -0.1) is 0 Å². The molecule has 2 heteroatoms. The molecule has 2 atom stereocenters. The largest absolute Gasteiger partial charge is 0.370 e. The second-order valence-corrected chi connectivity index (χ2v) is 5.98. The normalized spacial score (nSPS) is 14.4. The Balaban J connectivity index is 3.22. The maximum Gasteiger partial charge on any atom is 0.217 e. The van der Waals surface area contributed by atoms with Gasteiger partial charge in [0.25, 0.3) is 0 Å². The highest BCUT2D eigenvalue weighted by Gasteiger charge is 2.06. The van der Waals surface area contributed by atoms with Crippen molar-refractivity contribution in [1.29, 1.82) is 0 Å². The van der Waals surface area contributed by atoms with Crippen LogP contribution in [-0.2, 0) is 4.79 Å². The zero-order chi connectivity index (χ0) is 13.8. The molecule has 2 unspecified atom stereocenters. The van der Waals surface area contributed by atoms with Gasteiger partial charge in [0.15, 0.2) is 0 Å². The molecule has 0 aromatic rings. The highest BCUT2D eigenvalue weighted by molar-refractivity contribution is 5.73. The van der Waals surface area contributed by atoms with Crippen LogP contribution in [0.3, 0.4) is 0 Å². The summed E-state index contributed by atoms with van der Waals surface area (Å²) in [5.41, 5.74) is 5.10. The number of amides is 1. The molecule has 2 N–H and O–H groups in total. The molecule has 0 aliphatic carbocycles. The van der Waals surface area contributed by atoms with Gasteiger partial charge in [0.05, 0.1) is 0 Å². The van der Waals surface area contributed by atoms with Crippen molar-refractivity contribution in [3.8, 4) is 0 Å². The fourth-order valence-corrected chi connectivity index (χ4v) is 2.47. The van der Waals surface area contributed by atoms with Crippen LogP contribution in [0.15, 0.2) is 0 Å². The maximum absolute atomic E-state index is 10.5. The second-order valence-electron chi connectivity index (χ2n) is 5.98. The summed E-state index contributed by atoms with van der Waals surface area (Å²) < 4.78 is 0. The number of unbranched alkanes of at least 4 members (excludes halogenated alkanes) is 5. The van der Waals surface area contributed by atoms with E-state index >= 15 is 0 Å². The average Bonchev–Trinajstić information content (AvgIpc) is 2.31. The molecule has 0 aromatic heterocycles. The summed E-state index contributed by atoms with van der Waals surface area (Å²) in [6, 6.07) is 0. The minimum Gasteiger partial charge on any atom is -0.370 e. The number of hydrogen-bond acceptors (Lipinski definition) is 1. The van der Waals surface area contributed by atoms with Crippen molar-refractivity contribution in [3.63, 3.8) is 0 Å². The van der Waals surface area contributed by atoms with E-state index in [1.54, 1.807) is 0 Å². The third-order valence-electron chi connectivity index (χ3n) is 3.87. The number of primary amides is 1. The van der Waals surface area contributed by atoms with E-state index in [0.717, 1.165) is 24.7 Å². The van der Waals surface area contributed by atoms with Crippen molar-refractivity contribution in [2.75, 3.05) is 0 Å². The van der Waals surface area contributed by atoms with Crippen LogP contribution >= 0.6 is 0 Å². The molecule has 0 bridgehead atoms. The molecule has 0 aromatic carbocycles. The molecule has 1 amide bonds. The molecule has 2 nitrogen and oxygen atoms in total. The van der Waals surface area contributed by atoms with Crippen molar-refractivity contribution >= 4 is 5.91 Å². The molecule has 0 heterocycles. The summed E-state index contributed by atoms with van der Waals surface area (Å²) >= 11 is 0. The minimum absolute atomic E-state index is 0.158. The zero-order valence-electron chi connectivity index (χ0n) is 12.7. The summed E-state index contributed by atoms with van der Waals surface area (Å²) in [4.78, 5) is 10.5. The Hall–Kier alpha value is -0.530. The molecular formula is C16H33NO. The molecule has 0 saturated heterocycles. The summed E-state index contributed by atoms with van der Waals surface area (Å²) in [6.07, 6.45) is 12.1. The quantitative estimate of drug-likeness (QED) is 0.506. The summed E-state index contributed by atoms with van der Waals surface area (Å²) in [5, 5.41) is 0. The Morgan fingerprint density at radius 3 is 2.06 bits per heavy atom. The number of nitrogens with two attached hydrogens (primary N) is 1. The topological polar surface area (TPSA) is 43.1 Å². The first-order valence-corrected chi connectivity index (χ1v) is 7.84. The van der Waals surface area contributed by atoms with Gasteiger partial charge in [-0.3, -0.25) is 4.79 Å². The van der Waals surface area contributed by atoms with E-state index in [2.05, 4.69) is 20.8 Å². The standard InChI is InChI=1S/C16H33NO/c1-4-14(2)13-15(3)11-9-7-5-6-8-10-12-16(17)18/h14-15H,4-13H2,1-3H3,(H2,17,18). The molecule has 0 radical (unpaired) electrons. The fourth-order valence-electron chi connectivity index (χ4n) is 2.47. The molecular weight excluding hydrogens is 222 g/mol. The number of carbonyl (C=O) groups excluding carboxylic acids is 1. The first-order chi connectivity index (χ1) is 8.56. The lowest BCUT2D eigenvalue weighted by Crippen LogP contribution is -2.09. The summed E-state index contributed by atoms with van der Waals surface area (Å²) in [7, 11) is 0. The molecule has 18 heavy (non-hydrogen) atoms. The molecule has 0 rings (SSSR count). The highest BCUT2D eigenvalue weighted by atomic mass is 16.1. The Labute approximate surface area is 114 Å². The SMILES string of the molecule is CCC(C)CC(C)CCCCCCCCC(N)=O. The van der Waals surface area contributed by atoms with Gasteiger partial charge in [0.1, 0.15) is 0 Å². The lowest BCUT2D eigenvalue weighted by molar-refractivity contribution is -0.118. The van der Waals surface area contributed by atoms with E-state index in [1.165, 1.54) is 44.9 Å². The van der Waals surface area contributed by atoms with Crippen molar-refractivity contribution in [3.05, 3.63) is 0 Å². The van der Waals surface area contributed by atoms with Crippen LogP contribution < -0.4 is 5.73 Å². The van der Waals surface area contributed by atoms with Gasteiger partial charge in [-0.1, -0.05) is 65.7 Å². The van der Waals surface area contributed by atoms with Crippen LogP contribution in [0.4, 0.5) is 0 Å². The van der Waals surface area contributed by atoms with Crippen LogP contribution in [0.5, 0.6) is 0 Å². The fraction of sp³-hybridized carbons (Fsp3) is 0.938. The van der Waals surface area contributed by atoms with Crippen molar-refractivity contribution in [2.24, 2.45) is 17.6 Å². The van der Waals surface area contributed by atoms with Gasteiger partial charge in [-0.2, -0.15) is 0 Å². The Morgan fingerprint density at radius 1 is 0.944 bits per heavy atom. The zero-order valence-corrected chi connectivity index (χ0v) is 12.7. The van der Waals surface area contributed by atoms with Crippen LogP contribution in [0.2, 0.25) is 0 Å². The summed E-state index contributed by atoms with van der Waals surface area (Å²) in [6.45, 7) is 7.03. The molecule has 108 valence electrons. The molecule has 0 spiro atoms. The lowest BCUT2D eigenvalue weighted by atomic mass is 9.91. The first kappa shape index (κ1) is 17.5. The van der Waals surface area contributed by atoms with E-state index in [4.69, 9.17) is 5.73 Å². The third kappa shape index (κ3) is 11.9.